The van der Waals surface area contributed by atoms with Gasteiger partial charge in [-0.25, -0.2) is 14.6 Å². The summed E-state index contributed by atoms with van der Waals surface area (Å²) >= 11 is 0. The minimum atomic E-state index is -0.462. The van der Waals surface area contributed by atoms with Crippen molar-refractivity contribution in [1.29, 1.82) is 0 Å². The molecule has 2 aromatic carbocycles. The number of para-hydroxylation sites is 1. The first-order valence-corrected chi connectivity index (χ1v) is 14.1. The Kier molecular flexibility index (Phi) is 7.89. The van der Waals surface area contributed by atoms with Crippen LogP contribution in [0.4, 0.5) is 10.5 Å². The fourth-order valence-corrected chi connectivity index (χ4v) is 5.17. The Labute approximate surface area is 243 Å². The van der Waals surface area contributed by atoms with E-state index in [1.54, 1.807) is 18.0 Å². The molecular weight excluding hydrogens is 530 g/mol. The van der Waals surface area contributed by atoms with Crippen molar-refractivity contribution in [2.45, 2.75) is 32.4 Å². The average Bonchev–Trinajstić information content (AvgIpc) is 3.04. The average molecular weight is 562 g/mol. The number of esters is 1. The number of carbonyl (C=O) groups excluding carboxylic acids is 2. The molecule has 1 N–H and O–H groups in total. The van der Waals surface area contributed by atoms with Gasteiger partial charge in [-0.3, -0.25) is 9.97 Å². The lowest BCUT2D eigenvalue weighted by Crippen LogP contribution is -2.42. The third-order valence-electron chi connectivity index (χ3n) is 7.40. The highest BCUT2D eigenvalue weighted by Crippen LogP contribution is 2.31. The molecule has 1 saturated heterocycles. The molecule has 0 bridgehead atoms. The molecule has 5 aromatic rings. The van der Waals surface area contributed by atoms with Crippen LogP contribution >= 0.6 is 0 Å². The van der Waals surface area contributed by atoms with Crippen molar-refractivity contribution >= 4 is 39.7 Å². The fraction of sp³-hybridized carbons (Fsp3) is 0.242. The third kappa shape index (κ3) is 5.85. The van der Waals surface area contributed by atoms with Gasteiger partial charge in [-0.2, -0.15) is 0 Å². The summed E-state index contributed by atoms with van der Waals surface area (Å²) < 4.78 is 10.9. The molecule has 0 spiro atoms. The third-order valence-corrected chi connectivity index (χ3v) is 7.40. The number of benzene rings is 2. The topological polar surface area (TPSA) is 107 Å². The maximum absolute atomic E-state index is 13.0. The molecule has 0 unspecified atom stereocenters. The Hall–Kier alpha value is -5.05. The standard InChI is InChI=1S/C33H31N5O4/c1-2-41-32(39)26-20-35-29-13-12-28(24-18-23-10-6-7-11-27(23)34-19-24)37-31(29)30(26)36-25-14-16-38(17-15-25)33(40)42-21-22-8-4-3-5-9-22/h3-13,18-20,25H,2,14-17,21H2,1H3,(H,35,36). The molecule has 1 aliphatic rings. The van der Waals surface area contributed by atoms with Gasteiger partial charge in [-0.05, 0) is 49.6 Å². The zero-order chi connectivity index (χ0) is 28.9. The number of pyridine rings is 3. The zero-order valence-corrected chi connectivity index (χ0v) is 23.3. The zero-order valence-electron chi connectivity index (χ0n) is 23.3. The van der Waals surface area contributed by atoms with Crippen molar-refractivity contribution < 1.29 is 19.1 Å². The van der Waals surface area contributed by atoms with Crippen molar-refractivity contribution in [3.05, 3.63) is 96.3 Å². The number of carbonyl (C=O) groups is 2. The number of aromatic nitrogens is 3. The first-order chi connectivity index (χ1) is 20.6. The molecule has 6 rings (SSSR count). The minimum absolute atomic E-state index is 0.00902. The Balaban J connectivity index is 1.24. The van der Waals surface area contributed by atoms with Gasteiger partial charge in [0.15, 0.2) is 0 Å². The summed E-state index contributed by atoms with van der Waals surface area (Å²) in [6.07, 6.45) is 4.38. The molecule has 1 amide bonds. The van der Waals surface area contributed by atoms with E-state index >= 15 is 0 Å². The van der Waals surface area contributed by atoms with E-state index in [1.807, 2.05) is 66.7 Å². The summed E-state index contributed by atoms with van der Waals surface area (Å²) in [5, 5.41) is 4.58. The van der Waals surface area contributed by atoms with Gasteiger partial charge in [-0.15, -0.1) is 0 Å². The number of amides is 1. The number of nitrogens with zero attached hydrogens (tertiary/aromatic N) is 4. The highest BCUT2D eigenvalue weighted by molar-refractivity contribution is 6.04. The molecule has 9 nitrogen and oxygen atoms in total. The second kappa shape index (κ2) is 12.2. The van der Waals surface area contributed by atoms with Crippen molar-refractivity contribution in [3.8, 4) is 11.3 Å². The summed E-state index contributed by atoms with van der Waals surface area (Å²) in [6.45, 7) is 3.32. The summed E-state index contributed by atoms with van der Waals surface area (Å²) in [7, 11) is 0. The molecule has 0 atom stereocenters. The number of fused-ring (bicyclic) bond motifs is 2. The predicted molar refractivity (Wildman–Crippen MR) is 161 cm³/mol. The summed E-state index contributed by atoms with van der Waals surface area (Å²) in [5.74, 6) is -0.462. The smallest absolute Gasteiger partial charge is 0.410 e. The molecule has 0 radical (unpaired) electrons. The normalized spacial score (nSPS) is 13.7. The van der Waals surface area contributed by atoms with Crippen LogP contribution in [0.15, 0.2) is 85.2 Å². The first kappa shape index (κ1) is 27.1. The van der Waals surface area contributed by atoms with Crippen molar-refractivity contribution in [1.82, 2.24) is 19.9 Å². The number of anilines is 1. The van der Waals surface area contributed by atoms with Crippen molar-refractivity contribution in [3.63, 3.8) is 0 Å². The first-order valence-electron chi connectivity index (χ1n) is 14.1. The van der Waals surface area contributed by atoms with Gasteiger partial charge in [0.1, 0.15) is 17.7 Å². The number of nitrogens with one attached hydrogen (secondary N) is 1. The van der Waals surface area contributed by atoms with E-state index in [4.69, 9.17) is 14.5 Å². The molecule has 42 heavy (non-hydrogen) atoms. The van der Waals surface area contributed by atoms with Gasteiger partial charge in [0.2, 0.25) is 0 Å². The van der Waals surface area contributed by atoms with Crippen LogP contribution in [-0.2, 0) is 16.1 Å². The Morgan fingerprint density at radius 2 is 1.67 bits per heavy atom. The lowest BCUT2D eigenvalue weighted by molar-refractivity contribution is 0.0527. The van der Waals surface area contributed by atoms with E-state index in [0.29, 0.717) is 48.2 Å². The van der Waals surface area contributed by atoms with Crippen molar-refractivity contribution in [2.24, 2.45) is 0 Å². The second-order valence-corrected chi connectivity index (χ2v) is 10.2. The Morgan fingerprint density at radius 1 is 0.905 bits per heavy atom. The molecule has 212 valence electrons. The van der Waals surface area contributed by atoms with E-state index < -0.39 is 5.97 Å². The lowest BCUT2D eigenvalue weighted by atomic mass is 10.0. The number of likely N-dealkylation sites (tertiary alicyclic amines) is 1. The maximum Gasteiger partial charge on any atom is 0.410 e. The van der Waals surface area contributed by atoms with E-state index in [9.17, 15) is 9.59 Å². The number of hydrogen-bond acceptors (Lipinski definition) is 8. The summed E-state index contributed by atoms with van der Waals surface area (Å²) in [5.41, 5.74) is 5.60. The van der Waals surface area contributed by atoms with Crippen LogP contribution in [0.3, 0.4) is 0 Å². The van der Waals surface area contributed by atoms with Crippen LogP contribution in [0, 0.1) is 0 Å². The van der Waals surface area contributed by atoms with Gasteiger partial charge in [0.25, 0.3) is 0 Å². The quantitative estimate of drug-likeness (QED) is 0.233. The highest BCUT2D eigenvalue weighted by Gasteiger charge is 2.26. The number of hydrogen-bond donors (Lipinski definition) is 1. The predicted octanol–water partition coefficient (Wildman–Crippen LogP) is 6.23. The summed E-state index contributed by atoms with van der Waals surface area (Å²) in [6, 6.07) is 23.4. The van der Waals surface area contributed by atoms with Crippen LogP contribution in [0.25, 0.3) is 33.2 Å². The Bertz CT molecular complexity index is 1740. The van der Waals surface area contributed by atoms with E-state index in [1.165, 1.54) is 6.20 Å². The largest absolute Gasteiger partial charge is 0.462 e. The van der Waals surface area contributed by atoms with Crippen LogP contribution in [0.2, 0.25) is 0 Å². The molecule has 0 aliphatic carbocycles. The van der Waals surface area contributed by atoms with Crippen molar-refractivity contribution in [2.75, 3.05) is 25.0 Å². The summed E-state index contributed by atoms with van der Waals surface area (Å²) in [4.78, 5) is 41.4. The van der Waals surface area contributed by atoms with Gasteiger partial charge in [0, 0.05) is 42.5 Å². The van der Waals surface area contributed by atoms with Crippen LogP contribution < -0.4 is 5.32 Å². The molecule has 1 fully saturated rings. The fourth-order valence-electron chi connectivity index (χ4n) is 5.17. The number of rotatable bonds is 7. The molecule has 4 heterocycles. The molecule has 0 saturated carbocycles. The highest BCUT2D eigenvalue weighted by atomic mass is 16.6. The van der Waals surface area contributed by atoms with Crippen LogP contribution in [0.5, 0.6) is 0 Å². The van der Waals surface area contributed by atoms with Crippen LogP contribution in [0.1, 0.15) is 35.7 Å². The number of piperidine rings is 1. The SMILES string of the molecule is CCOC(=O)c1cnc2ccc(-c3cnc4ccccc4c3)nc2c1NC1CCN(C(=O)OCc2ccccc2)CC1. The molecule has 9 heteroatoms. The second-order valence-electron chi connectivity index (χ2n) is 10.2. The molecule has 3 aromatic heterocycles. The van der Waals surface area contributed by atoms with Gasteiger partial charge in [-0.1, -0.05) is 48.5 Å². The van der Waals surface area contributed by atoms with Gasteiger partial charge in [0.05, 0.1) is 29.0 Å². The number of ether oxygens (including phenoxy) is 2. The lowest BCUT2D eigenvalue weighted by Gasteiger charge is -2.32. The maximum atomic E-state index is 13.0. The minimum Gasteiger partial charge on any atom is -0.462 e. The van der Waals surface area contributed by atoms with E-state index in [2.05, 4.69) is 21.4 Å². The molecule has 1 aliphatic heterocycles. The van der Waals surface area contributed by atoms with Gasteiger partial charge < -0.3 is 19.7 Å². The van der Waals surface area contributed by atoms with E-state index in [0.717, 1.165) is 27.7 Å². The van der Waals surface area contributed by atoms with Gasteiger partial charge >= 0.3 is 12.1 Å². The van der Waals surface area contributed by atoms with E-state index in [-0.39, 0.29) is 25.3 Å². The molecular formula is C33H31N5O4. The van der Waals surface area contributed by atoms with Crippen LogP contribution in [-0.4, -0.2) is 57.7 Å². The monoisotopic (exact) mass is 561 g/mol. The Morgan fingerprint density at radius 3 is 2.48 bits per heavy atom.